The van der Waals surface area contributed by atoms with Crippen LogP contribution >= 0.6 is 0 Å². The van der Waals surface area contributed by atoms with E-state index in [1.165, 1.54) is 0 Å². The molecule has 0 amide bonds. The largest absolute Gasteiger partial charge is 0.390 e. The smallest absolute Gasteiger partial charge is 0.317 e. The molecular weight excluding hydrogens is 247 g/mol. The van der Waals surface area contributed by atoms with Crippen LogP contribution in [0.25, 0.3) is 0 Å². The van der Waals surface area contributed by atoms with Crippen LogP contribution in [-0.4, -0.2) is 39.5 Å². The van der Waals surface area contributed by atoms with E-state index in [1.54, 1.807) is 0 Å². The molecule has 0 atom stereocenters. The van der Waals surface area contributed by atoms with Crippen LogP contribution in [0, 0.1) is 0 Å². The summed E-state index contributed by atoms with van der Waals surface area (Å²) in [5.74, 6) is -1.000. The maximum absolute atomic E-state index is 11.8. The fraction of sp³-hybridized carbons (Fsp3) is 1.00. The predicted octanol–water partition coefficient (Wildman–Crippen LogP) is 1.04. The average Bonchev–Trinajstić information content (AvgIpc) is 2.15. The van der Waals surface area contributed by atoms with Gasteiger partial charge in [0, 0.05) is 0 Å². The van der Waals surface area contributed by atoms with Gasteiger partial charge >= 0.3 is 6.18 Å². The van der Waals surface area contributed by atoms with Gasteiger partial charge in [0.25, 0.3) is 10.1 Å². The summed E-state index contributed by atoms with van der Waals surface area (Å²) in [5, 5.41) is 3.00. The predicted molar refractivity (Wildman–Crippen MR) is 51.4 cm³/mol. The highest BCUT2D eigenvalue weighted by molar-refractivity contribution is 7.86. The molecule has 1 N–H and O–H groups in total. The van der Waals surface area contributed by atoms with Gasteiger partial charge in [-0.15, -0.1) is 0 Å². The normalized spacial score (nSPS) is 19.9. The van der Waals surface area contributed by atoms with Crippen molar-refractivity contribution in [1.29, 1.82) is 0 Å². The first kappa shape index (κ1) is 13.7. The molecule has 0 aromatic rings. The van der Waals surface area contributed by atoms with E-state index in [4.69, 9.17) is 4.18 Å². The molecule has 0 aromatic heterocycles. The minimum absolute atomic E-state index is 0.487. The van der Waals surface area contributed by atoms with Crippen LogP contribution in [0.3, 0.4) is 0 Å². The second-order valence-corrected chi connectivity index (χ2v) is 5.39. The molecule has 0 aliphatic carbocycles. The Morgan fingerprint density at radius 3 is 2.31 bits per heavy atom. The highest BCUT2D eigenvalue weighted by Crippen LogP contribution is 2.21. The molecule has 1 aliphatic rings. The van der Waals surface area contributed by atoms with Crippen LogP contribution in [0.15, 0.2) is 0 Å². The lowest BCUT2D eigenvalue weighted by molar-refractivity contribution is -0.130. The van der Waals surface area contributed by atoms with Crippen LogP contribution < -0.4 is 5.32 Å². The molecule has 1 fully saturated rings. The summed E-state index contributed by atoms with van der Waals surface area (Å²) in [5.41, 5.74) is 0. The summed E-state index contributed by atoms with van der Waals surface area (Å²) in [6.07, 6.45) is -5.30. The van der Waals surface area contributed by atoms with Gasteiger partial charge in [0.2, 0.25) is 0 Å². The average molecular weight is 261 g/mol. The minimum Gasteiger partial charge on any atom is -0.317 e. The first-order valence-corrected chi connectivity index (χ1v) is 6.55. The summed E-state index contributed by atoms with van der Waals surface area (Å²) in [6.45, 7) is 1.25. The highest BCUT2D eigenvalue weighted by atomic mass is 32.2. The Balaban J connectivity index is 2.38. The lowest BCUT2D eigenvalue weighted by Gasteiger charge is -2.22. The number of rotatable bonds is 4. The van der Waals surface area contributed by atoms with E-state index >= 15 is 0 Å². The van der Waals surface area contributed by atoms with E-state index in [9.17, 15) is 21.6 Å². The zero-order valence-electron chi connectivity index (χ0n) is 8.59. The number of piperidine rings is 1. The third-order valence-electron chi connectivity index (χ3n) is 2.20. The Morgan fingerprint density at radius 1 is 1.25 bits per heavy atom. The molecule has 1 aliphatic heterocycles. The van der Waals surface area contributed by atoms with E-state index in [-0.39, 0.29) is 0 Å². The van der Waals surface area contributed by atoms with Crippen LogP contribution in [-0.2, 0) is 14.3 Å². The molecule has 8 heteroatoms. The van der Waals surface area contributed by atoms with E-state index < -0.39 is 34.6 Å². The second kappa shape index (κ2) is 5.33. The van der Waals surface area contributed by atoms with Crippen LogP contribution in [0.2, 0.25) is 0 Å². The molecule has 1 rings (SSSR count). The number of halogens is 3. The van der Waals surface area contributed by atoms with Crippen molar-refractivity contribution in [3.8, 4) is 0 Å². The van der Waals surface area contributed by atoms with Crippen LogP contribution in [0.4, 0.5) is 13.2 Å². The lowest BCUT2D eigenvalue weighted by atomic mass is 10.1. The van der Waals surface area contributed by atoms with Crippen molar-refractivity contribution >= 4 is 10.1 Å². The van der Waals surface area contributed by atoms with Crippen molar-refractivity contribution in [2.45, 2.75) is 31.5 Å². The monoisotopic (exact) mass is 261 g/mol. The Morgan fingerprint density at radius 2 is 1.81 bits per heavy atom. The van der Waals surface area contributed by atoms with Crippen molar-refractivity contribution in [2.75, 3.05) is 18.8 Å². The van der Waals surface area contributed by atoms with Gasteiger partial charge in [-0.1, -0.05) is 0 Å². The fourth-order valence-electron chi connectivity index (χ4n) is 1.39. The van der Waals surface area contributed by atoms with Crippen molar-refractivity contribution < 1.29 is 25.8 Å². The lowest BCUT2D eigenvalue weighted by Crippen LogP contribution is -2.34. The summed E-state index contributed by atoms with van der Waals surface area (Å²) in [6, 6.07) is 0. The molecule has 0 spiro atoms. The van der Waals surface area contributed by atoms with Crippen molar-refractivity contribution in [3.05, 3.63) is 0 Å². The van der Waals surface area contributed by atoms with Gasteiger partial charge < -0.3 is 5.32 Å². The highest BCUT2D eigenvalue weighted by Gasteiger charge is 2.31. The third-order valence-corrected chi connectivity index (χ3v) is 3.47. The van der Waals surface area contributed by atoms with Gasteiger partial charge in [0.05, 0.1) is 18.3 Å². The van der Waals surface area contributed by atoms with Crippen molar-refractivity contribution in [1.82, 2.24) is 5.32 Å². The van der Waals surface area contributed by atoms with Gasteiger partial charge in [-0.25, -0.2) is 0 Å². The second-order valence-electron chi connectivity index (χ2n) is 3.67. The van der Waals surface area contributed by atoms with Crippen LogP contribution in [0.1, 0.15) is 19.3 Å². The van der Waals surface area contributed by atoms with E-state index in [2.05, 4.69) is 5.32 Å². The Kier molecular flexibility index (Phi) is 4.57. The molecule has 1 saturated heterocycles. The zero-order chi connectivity index (χ0) is 12.2. The number of hydrogen-bond donors (Lipinski definition) is 1. The number of alkyl halides is 3. The third kappa shape index (κ3) is 5.66. The SMILES string of the molecule is O=S(=O)(CCC(F)(F)F)OC1CCNCC1. The van der Waals surface area contributed by atoms with Gasteiger partial charge in [-0.2, -0.15) is 21.6 Å². The first-order valence-electron chi connectivity index (χ1n) is 4.97. The van der Waals surface area contributed by atoms with E-state index in [1.807, 2.05) is 0 Å². The fourth-order valence-corrected chi connectivity index (χ4v) is 2.57. The first-order chi connectivity index (χ1) is 7.29. The molecular formula is C8H14F3NO3S. The van der Waals surface area contributed by atoms with E-state index in [0.29, 0.717) is 25.9 Å². The Labute approximate surface area is 92.3 Å². The minimum atomic E-state index is -4.47. The topological polar surface area (TPSA) is 55.4 Å². The van der Waals surface area contributed by atoms with Crippen molar-refractivity contribution in [2.24, 2.45) is 0 Å². The molecule has 0 aromatic carbocycles. The molecule has 0 bridgehead atoms. The Hall–Kier alpha value is -0.340. The van der Waals surface area contributed by atoms with Crippen molar-refractivity contribution in [3.63, 3.8) is 0 Å². The van der Waals surface area contributed by atoms with Gasteiger partial charge in [0.1, 0.15) is 0 Å². The molecule has 96 valence electrons. The zero-order valence-corrected chi connectivity index (χ0v) is 9.40. The van der Waals surface area contributed by atoms with Gasteiger partial charge in [-0.05, 0) is 25.9 Å². The number of hydrogen-bond acceptors (Lipinski definition) is 4. The van der Waals surface area contributed by atoms with E-state index in [0.717, 1.165) is 0 Å². The Bertz CT molecular complexity index is 309. The summed E-state index contributed by atoms with van der Waals surface area (Å²) >= 11 is 0. The molecule has 0 radical (unpaired) electrons. The molecule has 0 saturated carbocycles. The summed E-state index contributed by atoms with van der Waals surface area (Å²) < 4.78 is 62.6. The maximum atomic E-state index is 11.8. The van der Waals surface area contributed by atoms with Gasteiger partial charge in [0.15, 0.2) is 0 Å². The molecule has 4 nitrogen and oxygen atoms in total. The summed E-state index contributed by atoms with van der Waals surface area (Å²) in [4.78, 5) is 0. The summed E-state index contributed by atoms with van der Waals surface area (Å²) in [7, 11) is -4.06. The maximum Gasteiger partial charge on any atom is 0.390 e. The molecule has 0 unspecified atom stereocenters. The quantitative estimate of drug-likeness (QED) is 0.768. The molecule has 16 heavy (non-hydrogen) atoms. The number of nitrogens with one attached hydrogen (secondary N) is 1. The molecule has 1 heterocycles. The standard InChI is InChI=1S/C8H14F3NO3S/c9-8(10,11)3-6-16(13,14)15-7-1-4-12-5-2-7/h7,12H,1-6H2. The van der Waals surface area contributed by atoms with Gasteiger partial charge in [-0.3, -0.25) is 4.18 Å². The van der Waals surface area contributed by atoms with Crippen LogP contribution in [0.5, 0.6) is 0 Å².